The number of benzene rings is 1. The molecule has 0 spiro atoms. The van der Waals surface area contributed by atoms with Gasteiger partial charge in [-0.2, -0.15) is 0 Å². The fourth-order valence-corrected chi connectivity index (χ4v) is 4.28. The zero-order valence-electron chi connectivity index (χ0n) is 14.9. The number of rotatable bonds is 5. The number of nitrogens with one attached hydrogen (secondary N) is 1. The molecule has 25 heavy (non-hydrogen) atoms. The predicted molar refractivity (Wildman–Crippen MR) is 97.7 cm³/mol. The molecular formula is C20H29N3O2. The largest absolute Gasteiger partial charge is 0.379 e. The molecule has 5 nitrogen and oxygen atoms in total. The van der Waals surface area contributed by atoms with E-state index in [9.17, 15) is 4.79 Å². The van der Waals surface area contributed by atoms with Gasteiger partial charge in [0, 0.05) is 38.8 Å². The van der Waals surface area contributed by atoms with Crippen molar-refractivity contribution in [1.82, 2.24) is 15.1 Å². The van der Waals surface area contributed by atoms with Gasteiger partial charge < -0.3 is 15.0 Å². The molecule has 1 aromatic carbocycles. The standard InChI is InChI=1S/C20H29N3O2/c24-20(21-14-17-13-19(17)16-5-2-1-3-6-16)23-8-4-7-18(23)15-22-9-11-25-12-10-22/h1-3,5-6,17-19H,4,7-15H2,(H,21,24)/t17-,18+,19-/m0/s1. The number of hydrogen-bond acceptors (Lipinski definition) is 3. The Balaban J connectivity index is 1.23. The highest BCUT2D eigenvalue weighted by Gasteiger charge is 2.39. The number of ether oxygens (including phenoxy) is 1. The van der Waals surface area contributed by atoms with Crippen LogP contribution >= 0.6 is 0 Å². The Labute approximate surface area is 150 Å². The van der Waals surface area contributed by atoms with Gasteiger partial charge in [-0.3, -0.25) is 4.90 Å². The van der Waals surface area contributed by atoms with Gasteiger partial charge in [-0.05, 0) is 36.7 Å². The Morgan fingerprint density at radius 1 is 1.16 bits per heavy atom. The first kappa shape index (κ1) is 16.9. The first-order valence-corrected chi connectivity index (χ1v) is 9.71. The maximum Gasteiger partial charge on any atom is 0.317 e. The molecule has 3 fully saturated rings. The number of amides is 2. The molecule has 1 N–H and O–H groups in total. The monoisotopic (exact) mass is 343 g/mol. The molecule has 0 bridgehead atoms. The van der Waals surface area contributed by atoms with Gasteiger partial charge in [-0.15, -0.1) is 0 Å². The summed E-state index contributed by atoms with van der Waals surface area (Å²) in [5, 5.41) is 3.20. The molecule has 1 aromatic rings. The van der Waals surface area contributed by atoms with Crippen molar-refractivity contribution in [2.45, 2.75) is 31.2 Å². The Kier molecular flexibility index (Phi) is 5.22. The summed E-state index contributed by atoms with van der Waals surface area (Å²) in [7, 11) is 0. The highest BCUT2D eigenvalue weighted by atomic mass is 16.5. The molecule has 136 valence electrons. The predicted octanol–water partition coefficient (Wildman–Crippen LogP) is 2.30. The van der Waals surface area contributed by atoms with Crippen LogP contribution in [0.4, 0.5) is 4.79 Å². The van der Waals surface area contributed by atoms with Crippen molar-refractivity contribution >= 4 is 6.03 Å². The lowest BCUT2D eigenvalue weighted by molar-refractivity contribution is 0.0292. The summed E-state index contributed by atoms with van der Waals surface area (Å²) in [5.41, 5.74) is 1.41. The summed E-state index contributed by atoms with van der Waals surface area (Å²) >= 11 is 0. The van der Waals surface area contributed by atoms with Crippen molar-refractivity contribution in [3.8, 4) is 0 Å². The van der Waals surface area contributed by atoms with Crippen LogP contribution in [-0.2, 0) is 4.74 Å². The number of urea groups is 1. The van der Waals surface area contributed by atoms with Gasteiger partial charge >= 0.3 is 6.03 Å². The molecule has 1 aliphatic carbocycles. The van der Waals surface area contributed by atoms with Crippen LogP contribution in [0.25, 0.3) is 0 Å². The second-order valence-electron chi connectivity index (χ2n) is 7.60. The van der Waals surface area contributed by atoms with Crippen LogP contribution < -0.4 is 5.32 Å². The smallest absolute Gasteiger partial charge is 0.317 e. The number of hydrogen-bond donors (Lipinski definition) is 1. The molecule has 3 atom stereocenters. The summed E-state index contributed by atoms with van der Waals surface area (Å²) in [4.78, 5) is 17.1. The van der Waals surface area contributed by atoms with Crippen molar-refractivity contribution in [3.05, 3.63) is 35.9 Å². The topological polar surface area (TPSA) is 44.8 Å². The van der Waals surface area contributed by atoms with Gasteiger partial charge in [0.2, 0.25) is 0 Å². The van der Waals surface area contributed by atoms with Crippen molar-refractivity contribution in [2.24, 2.45) is 5.92 Å². The van der Waals surface area contributed by atoms with Crippen LogP contribution in [0.2, 0.25) is 0 Å². The van der Waals surface area contributed by atoms with Crippen LogP contribution in [0.15, 0.2) is 30.3 Å². The summed E-state index contributed by atoms with van der Waals surface area (Å²) in [6.45, 7) is 6.32. The second-order valence-corrected chi connectivity index (χ2v) is 7.60. The zero-order chi connectivity index (χ0) is 17.1. The summed E-state index contributed by atoms with van der Waals surface area (Å²) in [6.07, 6.45) is 3.45. The SMILES string of the molecule is O=C(NC[C@@H]1C[C@H]1c1ccccc1)N1CCC[C@@H]1CN1CCOCC1. The van der Waals surface area contributed by atoms with Crippen LogP contribution in [0, 0.1) is 5.92 Å². The van der Waals surface area contributed by atoms with Crippen LogP contribution in [0.5, 0.6) is 0 Å². The molecule has 5 heteroatoms. The quantitative estimate of drug-likeness (QED) is 0.892. The highest BCUT2D eigenvalue weighted by Crippen LogP contribution is 2.46. The van der Waals surface area contributed by atoms with E-state index >= 15 is 0 Å². The maximum atomic E-state index is 12.6. The van der Waals surface area contributed by atoms with Crippen molar-refractivity contribution < 1.29 is 9.53 Å². The van der Waals surface area contributed by atoms with Crippen LogP contribution in [0.1, 0.15) is 30.7 Å². The molecule has 2 saturated heterocycles. The minimum absolute atomic E-state index is 0.134. The first-order valence-electron chi connectivity index (χ1n) is 9.71. The van der Waals surface area contributed by atoms with E-state index in [2.05, 4.69) is 45.4 Å². The second kappa shape index (κ2) is 7.75. The Hall–Kier alpha value is -1.59. The van der Waals surface area contributed by atoms with Gasteiger partial charge in [0.15, 0.2) is 0 Å². The Morgan fingerprint density at radius 3 is 2.76 bits per heavy atom. The van der Waals surface area contributed by atoms with Crippen molar-refractivity contribution in [1.29, 1.82) is 0 Å². The zero-order valence-corrected chi connectivity index (χ0v) is 14.9. The van der Waals surface area contributed by atoms with Gasteiger partial charge in [0.25, 0.3) is 0 Å². The summed E-state index contributed by atoms with van der Waals surface area (Å²) in [5.74, 6) is 1.23. The number of nitrogens with zero attached hydrogens (tertiary/aromatic N) is 2. The van der Waals surface area contributed by atoms with E-state index in [4.69, 9.17) is 4.74 Å². The molecular weight excluding hydrogens is 314 g/mol. The fourth-order valence-electron chi connectivity index (χ4n) is 4.28. The third kappa shape index (κ3) is 4.15. The molecule has 4 rings (SSSR count). The number of carbonyl (C=O) groups is 1. The van der Waals surface area contributed by atoms with Gasteiger partial charge in [-0.25, -0.2) is 4.79 Å². The van der Waals surface area contributed by atoms with Crippen molar-refractivity contribution in [3.63, 3.8) is 0 Å². The van der Waals surface area contributed by atoms with E-state index < -0.39 is 0 Å². The Morgan fingerprint density at radius 2 is 1.96 bits per heavy atom. The van der Waals surface area contributed by atoms with E-state index in [1.54, 1.807) is 0 Å². The number of morpholine rings is 1. The number of carbonyl (C=O) groups excluding carboxylic acids is 1. The van der Waals surface area contributed by atoms with Crippen molar-refractivity contribution in [2.75, 3.05) is 45.9 Å². The van der Waals surface area contributed by atoms with Crippen LogP contribution in [-0.4, -0.2) is 67.8 Å². The molecule has 2 amide bonds. The highest BCUT2D eigenvalue weighted by molar-refractivity contribution is 5.75. The lowest BCUT2D eigenvalue weighted by atomic mass is 10.1. The number of likely N-dealkylation sites (tertiary alicyclic amines) is 1. The summed E-state index contributed by atoms with van der Waals surface area (Å²) in [6, 6.07) is 11.2. The average molecular weight is 343 g/mol. The Bertz CT molecular complexity index is 574. The van der Waals surface area contributed by atoms with Gasteiger partial charge in [0.05, 0.1) is 13.2 Å². The lowest BCUT2D eigenvalue weighted by Crippen LogP contribution is -2.49. The minimum atomic E-state index is 0.134. The van der Waals surface area contributed by atoms with Crippen LogP contribution in [0.3, 0.4) is 0 Å². The van der Waals surface area contributed by atoms with E-state index in [-0.39, 0.29) is 6.03 Å². The molecule has 0 unspecified atom stereocenters. The van der Waals surface area contributed by atoms with E-state index in [0.29, 0.717) is 17.9 Å². The fraction of sp³-hybridized carbons (Fsp3) is 0.650. The minimum Gasteiger partial charge on any atom is -0.379 e. The molecule has 3 aliphatic rings. The molecule has 0 radical (unpaired) electrons. The molecule has 0 aromatic heterocycles. The van der Waals surface area contributed by atoms with E-state index in [0.717, 1.165) is 58.8 Å². The van der Waals surface area contributed by atoms with E-state index in [1.165, 1.54) is 12.0 Å². The molecule has 2 heterocycles. The summed E-state index contributed by atoms with van der Waals surface area (Å²) < 4.78 is 5.42. The maximum absolute atomic E-state index is 12.6. The third-order valence-corrected chi connectivity index (χ3v) is 5.88. The molecule has 2 aliphatic heterocycles. The normalized spacial score (nSPS) is 29.6. The van der Waals surface area contributed by atoms with E-state index in [1.807, 2.05) is 0 Å². The lowest BCUT2D eigenvalue weighted by Gasteiger charge is -2.33. The first-order chi connectivity index (χ1) is 12.3. The molecule has 1 saturated carbocycles. The average Bonchev–Trinajstić information content (AvgIpc) is 3.30. The third-order valence-electron chi connectivity index (χ3n) is 5.88. The van der Waals surface area contributed by atoms with Gasteiger partial charge in [-0.1, -0.05) is 30.3 Å². The van der Waals surface area contributed by atoms with Gasteiger partial charge in [0.1, 0.15) is 0 Å².